The average molecular weight is 1430 g/mol. The normalized spacial score (nSPS) is 14.2. The van der Waals surface area contributed by atoms with E-state index in [0.717, 1.165) is 161 Å². The first kappa shape index (κ1) is 94.8. The van der Waals surface area contributed by atoms with Crippen molar-refractivity contribution in [1.29, 1.82) is 0 Å². The zero-order chi connectivity index (χ0) is 71.8. The number of unbranched alkanes of at least 4 members (excludes halogenated alkanes) is 39. The summed E-state index contributed by atoms with van der Waals surface area (Å²) in [7, 11) is -9.94. The van der Waals surface area contributed by atoms with Crippen LogP contribution in [-0.4, -0.2) is 96.7 Å². The Morgan fingerprint density at radius 2 is 0.520 bits per heavy atom. The number of allylic oxidation sites excluding steroid dienone is 10. The molecule has 0 fully saturated rings. The van der Waals surface area contributed by atoms with Crippen LogP contribution in [0.5, 0.6) is 0 Å². The van der Waals surface area contributed by atoms with Gasteiger partial charge >= 0.3 is 39.5 Å². The van der Waals surface area contributed by atoms with Crippen LogP contribution in [0.3, 0.4) is 0 Å². The third-order valence-electron chi connectivity index (χ3n) is 17.0. The molecule has 0 aliphatic carbocycles. The maximum Gasteiger partial charge on any atom is 0.472 e. The Bertz CT molecular complexity index is 2100. The Morgan fingerprint density at radius 3 is 0.827 bits per heavy atom. The molecule has 572 valence electrons. The molecule has 0 aliphatic rings. The molecule has 0 aliphatic heterocycles. The largest absolute Gasteiger partial charge is 0.472 e. The van der Waals surface area contributed by atoms with E-state index in [1.165, 1.54) is 122 Å². The molecule has 0 saturated carbocycles. The summed E-state index contributed by atoms with van der Waals surface area (Å²) in [5, 5.41) is 10.6. The monoisotopic (exact) mass is 1430 g/mol. The van der Waals surface area contributed by atoms with Gasteiger partial charge in [-0.3, -0.25) is 37.3 Å². The van der Waals surface area contributed by atoms with Gasteiger partial charge < -0.3 is 33.8 Å². The SMILES string of the molecule is CCC/C=C\C/C=C\CCCCCCCC(=O)OCC(COP(=O)(O)OCC(O)COP(=O)(O)OCC(COC(=O)CCCCCCCC/C=C\C/C=C\C/C=C\CCCCC)OC(=O)CCCCCCCCCCCCCCCCC)OC(=O)CCCCCCCCCCCCC. The molecule has 5 atom stereocenters. The summed E-state index contributed by atoms with van der Waals surface area (Å²) in [6, 6.07) is 0. The van der Waals surface area contributed by atoms with E-state index in [1.54, 1.807) is 0 Å². The first-order valence-corrected chi connectivity index (χ1v) is 42.5. The molecule has 17 nitrogen and oxygen atoms in total. The molecule has 0 aromatic heterocycles. The van der Waals surface area contributed by atoms with Gasteiger partial charge in [-0.1, -0.05) is 307 Å². The van der Waals surface area contributed by atoms with Crippen LogP contribution in [0.15, 0.2) is 60.8 Å². The predicted molar refractivity (Wildman–Crippen MR) is 400 cm³/mol. The lowest BCUT2D eigenvalue weighted by Gasteiger charge is -2.21. The van der Waals surface area contributed by atoms with Crippen LogP contribution in [0.1, 0.15) is 362 Å². The van der Waals surface area contributed by atoms with E-state index in [9.17, 15) is 43.2 Å². The molecule has 0 aromatic carbocycles. The van der Waals surface area contributed by atoms with E-state index in [-0.39, 0.29) is 25.7 Å². The number of hydrogen-bond acceptors (Lipinski definition) is 15. The summed E-state index contributed by atoms with van der Waals surface area (Å²) in [4.78, 5) is 72.9. The van der Waals surface area contributed by atoms with Gasteiger partial charge in [0.15, 0.2) is 12.2 Å². The van der Waals surface area contributed by atoms with Crippen molar-refractivity contribution in [3.8, 4) is 0 Å². The quantitative estimate of drug-likeness (QED) is 0.0169. The van der Waals surface area contributed by atoms with Crippen molar-refractivity contribution >= 4 is 39.5 Å². The molecule has 98 heavy (non-hydrogen) atoms. The minimum atomic E-state index is -4.97. The van der Waals surface area contributed by atoms with E-state index in [0.29, 0.717) is 25.7 Å². The van der Waals surface area contributed by atoms with Crippen LogP contribution in [0.4, 0.5) is 0 Å². The summed E-state index contributed by atoms with van der Waals surface area (Å²) < 4.78 is 68.5. The van der Waals surface area contributed by atoms with Gasteiger partial charge in [0.1, 0.15) is 19.3 Å². The molecule has 0 aromatic rings. The number of ether oxygens (including phenoxy) is 4. The maximum absolute atomic E-state index is 13.1. The van der Waals surface area contributed by atoms with Crippen molar-refractivity contribution in [2.75, 3.05) is 39.6 Å². The molecule has 3 N–H and O–H groups in total. The number of esters is 4. The predicted octanol–water partition coefficient (Wildman–Crippen LogP) is 22.7. The van der Waals surface area contributed by atoms with Gasteiger partial charge in [0.05, 0.1) is 26.4 Å². The van der Waals surface area contributed by atoms with Crippen LogP contribution in [0.2, 0.25) is 0 Å². The van der Waals surface area contributed by atoms with Gasteiger partial charge in [-0.15, -0.1) is 0 Å². The number of carbonyl (C=O) groups is 4. The fraction of sp³-hybridized carbons (Fsp3) is 0.823. The zero-order valence-corrected chi connectivity index (χ0v) is 64.3. The first-order valence-electron chi connectivity index (χ1n) is 39.5. The topological polar surface area (TPSA) is 237 Å². The molecular weight excluding hydrogens is 1280 g/mol. The highest BCUT2D eigenvalue weighted by molar-refractivity contribution is 7.47. The van der Waals surface area contributed by atoms with Crippen molar-refractivity contribution in [3.05, 3.63) is 60.8 Å². The fourth-order valence-electron chi connectivity index (χ4n) is 10.9. The van der Waals surface area contributed by atoms with E-state index >= 15 is 0 Å². The minimum Gasteiger partial charge on any atom is -0.462 e. The van der Waals surface area contributed by atoms with Gasteiger partial charge in [0, 0.05) is 25.7 Å². The molecule has 0 radical (unpaired) electrons. The second kappa shape index (κ2) is 72.1. The van der Waals surface area contributed by atoms with Crippen LogP contribution < -0.4 is 0 Å². The highest BCUT2D eigenvalue weighted by Gasteiger charge is 2.30. The highest BCUT2D eigenvalue weighted by atomic mass is 31.2. The zero-order valence-electron chi connectivity index (χ0n) is 62.5. The Balaban J connectivity index is 5.30. The summed E-state index contributed by atoms with van der Waals surface area (Å²) >= 11 is 0. The fourth-order valence-corrected chi connectivity index (χ4v) is 12.5. The summed E-state index contributed by atoms with van der Waals surface area (Å²) in [5.41, 5.74) is 0. The lowest BCUT2D eigenvalue weighted by atomic mass is 10.0. The Hall–Kier alpha value is -3.24. The summed E-state index contributed by atoms with van der Waals surface area (Å²) in [6.07, 6.45) is 70.6. The first-order chi connectivity index (χ1) is 47.7. The molecular formula is C79H144O17P2. The average Bonchev–Trinajstić information content (AvgIpc) is 0.991. The van der Waals surface area contributed by atoms with Gasteiger partial charge in [-0.05, 0) is 89.9 Å². The van der Waals surface area contributed by atoms with E-state index in [4.69, 9.17) is 37.0 Å². The second-order valence-electron chi connectivity index (χ2n) is 26.7. The van der Waals surface area contributed by atoms with E-state index in [2.05, 4.69) is 88.5 Å². The number of hydrogen-bond donors (Lipinski definition) is 3. The number of phosphoric acid groups is 2. The Labute approximate surface area is 597 Å². The standard InChI is InChI=1S/C79H144O17P2/c1-5-9-13-17-21-25-29-32-34-35-36-37-39-41-45-48-52-56-60-64-77(82)90-70-75(96-79(84)66-62-58-54-50-46-42-38-33-30-26-22-18-14-10-6-2)72-94-98(87,88)92-68-73(80)67-91-97(85,86)93-71-74(95-78(83)65-61-57-53-49-43-28-24-20-16-12-8-4)69-89-76(81)63-59-55-51-47-44-40-31-27-23-19-15-11-7-3/h15,19,21,25,27,31-32,34,36-37,73-75,80H,5-14,16-18,20,22-24,26,28-30,33,35,38-72H2,1-4H3,(H,85,86)(H,87,88)/b19-15-,25-21-,31-27-,34-32-,37-36-. The van der Waals surface area contributed by atoms with Crippen LogP contribution in [-0.2, 0) is 65.4 Å². The van der Waals surface area contributed by atoms with Crippen molar-refractivity contribution in [2.24, 2.45) is 0 Å². The molecule has 0 bridgehead atoms. The summed E-state index contributed by atoms with van der Waals surface area (Å²) in [6.45, 7) is 4.81. The van der Waals surface area contributed by atoms with Crippen LogP contribution >= 0.6 is 15.6 Å². The smallest absolute Gasteiger partial charge is 0.462 e. The number of aliphatic hydroxyl groups excluding tert-OH is 1. The molecule has 0 rings (SSSR count). The molecule has 19 heteroatoms. The van der Waals surface area contributed by atoms with Crippen molar-refractivity contribution in [3.63, 3.8) is 0 Å². The maximum atomic E-state index is 13.1. The van der Waals surface area contributed by atoms with Gasteiger partial charge in [-0.25, -0.2) is 9.13 Å². The Kier molecular flexibility index (Phi) is 69.7. The molecule has 0 saturated heterocycles. The molecule has 0 spiro atoms. The Morgan fingerprint density at radius 1 is 0.286 bits per heavy atom. The van der Waals surface area contributed by atoms with E-state index in [1.807, 2.05) is 0 Å². The molecule has 0 amide bonds. The van der Waals surface area contributed by atoms with Gasteiger partial charge in [-0.2, -0.15) is 0 Å². The van der Waals surface area contributed by atoms with Crippen molar-refractivity contribution in [2.45, 2.75) is 380 Å². The van der Waals surface area contributed by atoms with Gasteiger partial charge in [0.25, 0.3) is 0 Å². The van der Waals surface area contributed by atoms with Crippen LogP contribution in [0, 0.1) is 0 Å². The highest BCUT2D eigenvalue weighted by Crippen LogP contribution is 2.45. The summed E-state index contributed by atoms with van der Waals surface area (Å²) in [5.74, 6) is -2.17. The molecule has 5 unspecified atom stereocenters. The third kappa shape index (κ3) is 71.2. The minimum absolute atomic E-state index is 0.0978. The number of rotatable bonds is 75. The van der Waals surface area contributed by atoms with E-state index < -0.39 is 97.5 Å². The molecule has 0 heterocycles. The number of phosphoric ester groups is 2. The van der Waals surface area contributed by atoms with Gasteiger partial charge in [0.2, 0.25) is 0 Å². The lowest BCUT2D eigenvalue weighted by molar-refractivity contribution is -0.161. The van der Waals surface area contributed by atoms with Crippen molar-refractivity contribution in [1.82, 2.24) is 0 Å². The lowest BCUT2D eigenvalue weighted by Crippen LogP contribution is -2.30. The number of aliphatic hydroxyl groups is 1. The van der Waals surface area contributed by atoms with Crippen molar-refractivity contribution < 1.29 is 80.2 Å². The second-order valence-corrected chi connectivity index (χ2v) is 29.6. The number of carbonyl (C=O) groups excluding carboxylic acids is 4. The van der Waals surface area contributed by atoms with Crippen LogP contribution in [0.25, 0.3) is 0 Å². The third-order valence-corrected chi connectivity index (χ3v) is 18.9.